The minimum absolute atomic E-state index is 0.311. The van der Waals surface area contributed by atoms with Gasteiger partial charge in [-0.05, 0) is 38.5 Å². The Kier molecular flexibility index (Phi) is 5.05. The number of aromatic nitrogens is 2. The molecule has 6 nitrogen and oxygen atoms in total. The lowest BCUT2D eigenvalue weighted by molar-refractivity contribution is -0.118. The van der Waals surface area contributed by atoms with Crippen LogP contribution >= 0.6 is 11.6 Å². The molecule has 8 heteroatoms. The number of anilines is 1. The highest BCUT2D eigenvalue weighted by atomic mass is 35.5. The Morgan fingerprint density at radius 2 is 1.79 bits per heavy atom. The smallest absolute Gasteiger partial charge is 0.248 e. The molecule has 24 heavy (non-hydrogen) atoms. The molecule has 0 aliphatic rings. The highest BCUT2D eigenvalue weighted by Crippen LogP contribution is 2.30. The SMILES string of the molecule is Cc1nn(C)c(C)c1N(C(=O)C(C)c1ccc(Cl)cc1)S(C)(=O)=O. The average Bonchev–Trinajstić information content (AvgIpc) is 2.72. The van der Waals surface area contributed by atoms with Gasteiger partial charge in [-0.1, -0.05) is 23.7 Å². The quantitative estimate of drug-likeness (QED) is 0.830. The molecule has 0 aliphatic heterocycles. The number of aryl methyl sites for hydroxylation is 2. The molecule has 0 aliphatic carbocycles. The molecule has 0 bridgehead atoms. The summed E-state index contributed by atoms with van der Waals surface area (Å²) in [5, 5.41) is 4.77. The van der Waals surface area contributed by atoms with Gasteiger partial charge in [0.05, 0.1) is 23.6 Å². The van der Waals surface area contributed by atoms with Crippen LogP contribution < -0.4 is 4.31 Å². The predicted molar refractivity (Wildman–Crippen MR) is 94.9 cm³/mol. The van der Waals surface area contributed by atoms with Crippen molar-refractivity contribution in [2.75, 3.05) is 10.6 Å². The number of carbonyl (C=O) groups is 1. The maximum Gasteiger partial charge on any atom is 0.248 e. The standard InChI is InChI=1S/C16H20ClN3O3S/c1-10(13-6-8-14(17)9-7-13)16(21)20(24(5,22)23)15-11(2)18-19(4)12(15)3/h6-10H,1-5H3. The van der Waals surface area contributed by atoms with Gasteiger partial charge in [-0.2, -0.15) is 5.10 Å². The van der Waals surface area contributed by atoms with Crippen LogP contribution in [0.25, 0.3) is 0 Å². The van der Waals surface area contributed by atoms with Crippen LogP contribution in [0.4, 0.5) is 5.69 Å². The molecular formula is C16H20ClN3O3S. The molecule has 1 aromatic carbocycles. The molecule has 130 valence electrons. The molecular weight excluding hydrogens is 350 g/mol. The van der Waals surface area contributed by atoms with E-state index in [4.69, 9.17) is 11.6 Å². The van der Waals surface area contributed by atoms with Crippen molar-refractivity contribution < 1.29 is 13.2 Å². The second-order valence-corrected chi connectivity index (χ2v) is 8.05. The van der Waals surface area contributed by atoms with E-state index in [9.17, 15) is 13.2 Å². The average molecular weight is 370 g/mol. The summed E-state index contributed by atoms with van der Waals surface area (Å²) in [4.78, 5) is 13.0. The Morgan fingerprint density at radius 3 is 2.21 bits per heavy atom. The first-order valence-corrected chi connectivity index (χ1v) is 9.56. The molecule has 0 N–H and O–H groups in total. The number of hydrogen-bond donors (Lipinski definition) is 0. The van der Waals surface area contributed by atoms with E-state index < -0.39 is 21.8 Å². The van der Waals surface area contributed by atoms with Crippen LogP contribution in [0.2, 0.25) is 5.02 Å². The first-order chi connectivity index (χ1) is 11.0. The highest BCUT2D eigenvalue weighted by molar-refractivity contribution is 7.92. The fraction of sp³-hybridized carbons (Fsp3) is 0.375. The van der Waals surface area contributed by atoms with E-state index in [0.717, 1.165) is 10.6 Å². The van der Waals surface area contributed by atoms with E-state index >= 15 is 0 Å². The van der Waals surface area contributed by atoms with Gasteiger partial charge in [-0.3, -0.25) is 9.48 Å². The van der Waals surface area contributed by atoms with E-state index in [1.165, 1.54) is 0 Å². The Balaban J connectivity index is 2.53. The Hall–Kier alpha value is -1.86. The minimum Gasteiger partial charge on any atom is -0.273 e. The van der Waals surface area contributed by atoms with Crippen LogP contribution in [0.1, 0.15) is 29.8 Å². The molecule has 1 amide bonds. The summed E-state index contributed by atoms with van der Waals surface area (Å²) < 4.78 is 27.1. The number of benzene rings is 1. The Morgan fingerprint density at radius 1 is 1.25 bits per heavy atom. The van der Waals surface area contributed by atoms with Gasteiger partial charge in [-0.25, -0.2) is 12.7 Å². The van der Waals surface area contributed by atoms with Crippen LogP contribution in [-0.2, 0) is 21.9 Å². The van der Waals surface area contributed by atoms with E-state index in [0.29, 0.717) is 27.7 Å². The molecule has 2 aromatic rings. The third kappa shape index (κ3) is 3.47. The molecule has 2 rings (SSSR count). The maximum absolute atomic E-state index is 13.0. The summed E-state index contributed by atoms with van der Waals surface area (Å²) in [6, 6.07) is 6.78. The lowest BCUT2D eigenvalue weighted by Gasteiger charge is -2.24. The van der Waals surface area contributed by atoms with Gasteiger partial charge in [-0.15, -0.1) is 0 Å². The molecule has 0 spiro atoms. The second kappa shape index (κ2) is 6.57. The van der Waals surface area contributed by atoms with E-state index in [1.807, 2.05) is 0 Å². The van der Waals surface area contributed by atoms with Gasteiger partial charge in [0.15, 0.2) is 0 Å². The van der Waals surface area contributed by atoms with Gasteiger partial charge in [0.2, 0.25) is 15.9 Å². The number of sulfonamides is 1. The van der Waals surface area contributed by atoms with Crippen molar-refractivity contribution in [1.82, 2.24) is 9.78 Å². The van der Waals surface area contributed by atoms with Crippen molar-refractivity contribution >= 4 is 33.2 Å². The number of amides is 1. The zero-order valence-corrected chi connectivity index (χ0v) is 15.8. The normalized spacial score (nSPS) is 12.9. The fourth-order valence-electron chi connectivity index (χ4n) is 2.57. The van der Waals surface area contributed by atoms with E-state index in [2.05, 4.69) is 5.10 Å². The minimum atomic E-state index is -3.81. The van der Waals surface area contributed by atoms with Crippen molar-refractivity contribution in [2.24, 2.45) is 7.05 Å². The number of hydrogen-bond acceptors (Lipinski definition) is 4. The highest BCUT2D eigenvalue weighted by Gasteiger charge is 2.33. The second-order valence-electron chi connectivity index (χ2n) is 5.78. The molecule has 1 aromatic heterocycles. The predicted octanol–water partition coefficient (Wildman–Crippen LogP) is 2.79. The fourth-order valence-corrected chi connectivity index (χ4v) is 3.77. The summed E-state index contributed by atoms with van der Waals surface area (Å²) in [5.41, 5.74) is 2.09. The third-order valence-electron chi connectivity index (χ3n) is 3.95. The molecule has 1 atom stereocenters. The number of halogens is 1. The van der Waals surface area contributed by atoms with Gasteiger partial charge in [0.25, 0.3) is 0 Å². The Labute approximate surface area is 147 Å². The molecule has 0 radical (unpaired) electrons. The van der Waals surface area contributed by atoms with Crippen LogP contribution in [0.15, 0.2) is 24.3 Å². The zero-order chi connectivity index (χ0) is 18.2. The van der Waals surface area contributed by atoms with Gasteiger partial charge in [0, 0.05) is 12.1 Å². The van der Waals surface area contributed by atoms with Crippen LogP contribution in [0.5, 0.6) is 0 Å². The Bertz CT molecular complexity index is 873. The monoisotopic (exact) mass is 369 g/mol. The van der Waals surface area contributed by atoms with Gasteiger partial charge < -0.3 is 0 Å². The summed E-state index contributed by atoms with van der Waals surface area (Å²) in [7, 11) is -2.10. The molecule has 0 saturated heterocycles. The molecule has 0 fully saturated rings. The van der Waals surface area contributed by atoms with Crippen molar-refractivity contribution in [2.45, 2.75) is 26.7 Å². The largest absolute Gasteiger partial charge is 0.273 e. The summed E-state index contributed by atoms with van der Waals surface area (Å²) >= 11 is 5.87. The van der Waals surface area contributed by atoms with Crippen LogP contribution in [-0.4, -0.2) is 30.4 Å². The number of rotatable bonds is 4. The van der Waals surface area contributed by atoms with Gasteiger partial charge in [0.1, 0.15) is 5.69 Å². The number of nitrogens with zero attached hydrogens (tertiary/aromatic N) is 3. The lowest BCUT2D eigenvalue weighted by atomic mass is 10.0. The summed E-state index contributed by atoms with van der Waals surface area (Å²) in [6.45, 7) is 5.08. The first-order valence-electron chi connectivity index (χ1n) is 7.33. The molecule has 1 unspecified atom stereocenters. The van der Waals surface area contributed by atoms with Crippen molar-refractivity contribution in [3.63, 3.8) is 0 Å². The van der Waals surface area contributed by atoms with Gasteiger partial charge >= 0.3 is 0 Å². The van der Waals surface area contributed by atoms with E-state index in [-0.39, 0.29) is 0 Å². The lowest BCUT2D eigenvalue weighted by Crippen LogP contribution is -2.39. The maximum atomic E-state index is 13.0. The van der Waals surface area contributed by atoms with E-state index in [1.54, 1.807) is 56.8 Å². The summed E-state index contributed by atoms with van der Waals surface area (Å²) in [6.07, 6.45) is 1.02. The molecule has 1 heterocycles. The zero-order valence-electron chi connectivity index (χ0n) is 14.2. The molecule has 0 saturated carbocycles. The van der Waals surface area contributed by atoms with Crippen molar-refractivity contribution in [1.29, 1.82) is 0 Å². The van der Waals surface area contributed by atoms with Crippen LogP contribution in [0, 0.1) is 13.8 Å². The number of carbonyl (C=O) groups excluding carboxylic acids is 1. The van der Waals surface area contributed by atoms with Crippen molar-refractivity contribution in [3.8, 4) is 0 Å². The van der Waals surface area contributed by atoms with Crippen molar-refractivity contribution in [3.05, 3.63) is 46.2 Å². The first kappa shape index (κ1) is 18.5. The summed E-state index contributed by atoms with van der Waals surface area (Å²) in [5.74, 6) is -1.17. The third-order valence-corrected chi connectivity index (χ3v) is 5.22. The topological polar surface area (TPSA) is 72.3 Å². The van der Waals surface area contributed by atoms with Crippen LogP contribution in [0.3, 0.4) is 0 Å².